The average Bonchev–Trinajstić information content (AvgIpc) is 3.22. The number of carbonyl (C=O) groups excluding carboxylic acids is 1. The molecule has 0 bridgehead atoms. The van der Waals surface area contributed by atoms with Crippen LogP contribution in [-0.4, -0.2) is 59.0 Å². The van der Waals surface area contributed by atoms with Crippen molar-refractivity contribution in [2.45, 2.75) is 59.2 Å². The summed E-state index contributed by atoms with van der Waals surface area (Å²) in [7, 11) is 0. The molecule has 164 valence electrons. The van der Waals surface area contributed by atoms with E-state index in [1.54, 1.807) is 6.20 Å². The van der Waals surface area contributed by atoms with Gasteiger partial charge in [0, 0.05) is 55.9 Å². The van der Waals surface area contributed by atoms with Gasteiger partial charge in [-0.25, -0.2) is 4.98 Å². The highest BCUT2D eigenvalue weighted by atomic mass is 32.1. The number of nitrogens with one attached hydrogen (secondary N) is 1. The lowest BCUT2D eigenvalue weighted by Gasteiger charge is -2.39. The van der Waals surface area contributed by atoms with Crippen LogP contribution >= 0.6 is 11.3 Å². The number of hydrogen-bond donors (Lipinski definition) is 1. The van der Waals surface area contributed by atoms with Crippen molar-refractivity contribution in [1.29, 1.82) is 0 Å². The van der Waals surface area contributed by atoms with Gasteiger partial charge in [0.15, 0.2) is 5.13 Å². The van der Waals surface area contributed by atoms with Gasteiger partial charge in [0.1, 0.15) is 5.75 Å². The molecular weight excluding hydrogens is 396 g/mol. The molecule has 1 amide bonds. The van der Waals surface area contributed by atoms with Crippen molar-refractivity contribution in [2.75, 3.05) is 31.5 Å². The largest absolute Gasteiger partial charge is 0.491 e. The summed E-state index contributed by atoms with van der Waals surface area (Å²) >= 11 is 1.41. The standard InChI is InChI=1S/C23H34N4O2S/c1-5-20(6-2)27-10-8-26(9-11-27)16-18-13-19(15-21(14-18)29-17(3)4)22(28)25-23-24-7-12-30-23/h7,12-15,17,20H,5-6,8-11,16H2,1-4H3,(H,24,25,28). The first-order valence-corrected chi connectivity index (χ1v) is 11.8. The van der Waals surface area contributed by atoms with Crippen LogP contribution in [-0.2, 0) is 6.54 Å². The van der Waals surface area contributed by atoms with E-state index in [2.05, 4.69) is 40.0 Å². The van der Waals surface area contributed by atoms with Gasteiger partial charge in [0.25, 0.3) is 5.91 Å². The Hall–Kier alpha value is -1.96. The fourth-order valence-electron chi connectivity index (χ4n) is 4.03. The van der Waals surface area contributed by atoms with E-state index in [0.717, 1.165) is 44.0 Å². The third kappa shape index (κ3) is 6.27. The molecule has 0 radical (unpaired) electrons. The molecule has 7 heteroatoms. The molecular formula is C23H34N4O2S. The van der Waals surface area contributed by atoms with Crippen LogP contribution in [0.25, 0.3) is 0 Å². The number of benzene rings is 1. The van der Waals surface area contributed by atoms with Crippen LogP contribution in [0.2, 0.25) is 0 Å². The van der Waals surface area contributed by atoms with Gasteiger partial charge < -0.3 is 4.74 Å². The summed E-state index contributed by atoms with van der Waals surface area (Å²) in [6, 6.07) is 6.55. The molecule has 0 spiro atoms. The Morgan fingerprint density at radius 3 is 2.50 bits per heavy atom. The minimum absolute atomic E-state index is 0.0543. The molecule has 1 fully saturated rings. The summed E-state index contributed by atoms with van der Waals surface area (Å²) in [5.74, 6) is 0.585. The first-order valence-electron chi connectivity index (χ1n) is 11.0. The predicted molar refractivity (Wildman–Crippen MR) is 123 cm³/mol. The van der Waals surface area contributed by atoms with Crippen molar-refractivity contribution in [3.05, 3.63) is 40.9 Å². The fraction of sp³-hybridized carbons (Fsp3) is 0.565. The number of anilines is 1. The maximum absolute atomic E-state index is 12.8. The van der Waals surface area contributed by atoms with Crippen molar-refractivity contribution in [3.63, 3.8) is 0 Å². The number of thiazole rings is 1. The zero-order valence-corrected chi connectivity index (χ0v) is 19.4. The topological polar surface area (TPSA) is 57.7 Å². The van der Waals surface area contributed by atoms with Gasteiger partial charge >= 0.3 is 0 Å². The van der Waals surface area contributed by atoms with Gasteiger partial charge in [0.2, 0.25) is 0 Å². The second-order valence-electron chi connectivity index (χ2n) is 8.11. The molecule has 0 saturated carbocycles. The van der Waals surface area contributed by atoms with Crippen molar-refractivity contribution in [2.24, 2.45) is 0 Å². The number of ether oxygens (including phenoxy) is 1. The van der Waals surface area contributed by atoms with Crippen LogP contribution in [0.3, 0.4) is 0 Å². The van der Waals surface area contributed by atoms with Crippen LogP contribution in [0.4, 0.5) is 5.13 Å². The van der Waals surface area contributed by atoms with Crippen LogP contribution < -0.4 is 10.1 Å². The molecule has 1 saturated heterocycles. The third-order valence-corrected chi connectivity index (χ3v) is 6.21. The van der Waals surface area contributed by atoms with Crippen molar-refractivity contribution in [1.82, 2.24) is 14.8 Å². The van der Waals surface area contributed by atoms with Gasteiger partial charge in [-0.05, 0) is 50.5 Å². The Morgan fingerprint density at radius 1 is 1.17 bits per heavy atom. The van der Waals surface area contributed by atoms with E-state index in [-0.39, 0.29) is 12.0 Å². The summed E-state index contributed by atoms with van der Waals surface area (Å²) < 4.78 is 5.93. The molecule has 0 unspecified atom stereocenters. The van der Waals surface area contributed by atoms with E-state index in [0.29, 0.717) is 16.7 Å². The van der Waals surface area contributed by atoms with E-state index < -0.39 is 0 Å². The van der Waals surface area contributed by atoms with Gasteiger partial charge in [-0.15, -0.1) is 11.3 Å². The first-order chi connectivity index (χ1) is 14.5. The van der Waals surface area contributed by atoms with Crippen molar-refractivity contribution < 1.29 is 9.53 Å². The quantitative estimate of drug-likeness (QED) is 0.635. The number of nitrogens with zero attached hydrogens (tertiary/aromatic N) is 3. The molecule has 1 aliphatic heterocycles. The number of aromatic nitrogens is 1. The molecule has 2 aromatic rings. The maximum Gasteiger partial charge on any atom is 0.257 e. The van der Waals surface area contributed by atoms with E-state index in [9.17, 15) is 4.79 Å². The first kappa shape index (κ1) is 22.7. The number of carbonyl (C=O) groups is 1. The molecule has 1 aromatic heterocycles. The summed E-state index contributed by atoms with van der Waals surface area (Å²) in [5, 5.41) is 5.33. The van der Waals surface area contributed by atoms with E-state index >= 15 is 0 Å². The average molecular weight is 431 g/mol. The van der Waals surface area contributed by atoms with E-state index in [4.69, 9.17) is 4.74 Å². The Morgan fingerprint density at radius 2 is 1.90 bits per heavy atom. The van der Waals surface area contributed by atoms with Crippen molar-refractivity contribution >= 4 is 22.4 Å². The summed E-state index contributed by atoms with van der Waals surface area (Å²) in [6.45, 7) is 13.7. The molecule has 0 aliphatic carbocycles. The van der Waals surface area contributed by atoms with Crippen LogP contribution in [0.5, 0.6) is 5.75 Å². The lowest BCUT2D eigenvalue weighted by molar-refractivity contribution is 0.0880. The van der Waals surface area contributed by atoms with Crippen LogP contribution in [0.1, 0.15) is 56.5 Å². The smallest absolute Gasteiger partial charge is 0.257 e. The second-order valence-corrected chi connectivity index (χ2v) is 9.00. The fourth-order valence-corrected chi connectivity index (χ4v) is 4.55. The molecule has 30 heavy (non-hydrogen) atoms. The Balaban J connectivity index is 1.69. The molecule has 2 heterocycles. The minimum Gasteiger partial charge on any atom is -0.491 e. The molecule has 0 atom stereocenters. The zero-order chi connectivity index (χ0) is 21.5. The zero-order valence-electron chi connectivity index (χ0n) is 18.6. The summed E-state index contributed by atoms with van der Waals surface area (Å²) in [5.41, 5.74) is 1.71. The molecule has 6 nitrogen and oxygen atoms in total. The molecule has 1 aliphatic rings. The third-order valence-electron chi connectivity index (χ3n) is 5.53. The van der Waals surface area contributed by atoms with Gasteiger partial charge in [-0.3, -0.25) is 19.9 Å². The van der Waals surface area contributed by atoms with Gasteiger partial charge in [-0.1, -0.05) is 13.8 Å². The maximum atomic E-state index is 12.8. The highest BCUT2D eigenvalue weighted by molar-refractivity contribution is 7.13. The lowest BCUT2D eigenvalue weighted by Crippen LogP contribution is -2.49. The van der Waals surface area contributed by atoms with Crippen molar-refractivity contribution in [3.8, 4) is 5.75 Å². The van der Waals surface area contributed by atoms with E-state index in [1.165, 1.54) is 24.2 Å². The molecule has 1 aromatic carbocycles. The summed E-state index contributed by atoms with van der Waals surface area (Å²) in [6.07, 6.45) is 4.16. The Labute approximate surface area is 184 Å². The second kappa shape index (κ2) is 10.9. The highest BCUT2D eigenvalue weighted by Crippen LogP contribution is 2.22. The Bertz CT molecular complexity index is 798. The Kier molecular flexibility index (Phi) is 8.24. The predicted octanol–water partition coefficient (Wildman–Crippen LogP) is 4.49. The van der Waals surface area contributed by atoms with Gasteiger partial charge in [-0.2, -0.15) is 0 Å². The normalized spacial score (nSPS) is 15.7. The number of amides is 1. The summed E-state index contributed by atoms with van der Waals surface area (Å²) in [4.78, 5) is 22.0. The number of rotatable bonds is 9. The molecule has 3 rings (SSSR count). The minimum atomic E-state index is -0.154. The number of hydrogen-bond acceptors (Lipinski definition) is 6. The van der Waals surface area contributed by atoms with E-state index in [1.807, 2.05) is 31.4 Å². The molecule has 1 N–H and O–H groups in total. The van der Waals surface area contributed by atoms with Crippen LogP contribution in [0.15, 0.2) is 29.8 Å². The van der Waals surface area contributed by atoms with Gasteiger partial charge in [0.05, 0.1) is 6.10 Å². The number of piperazine rings is 1. The van der Waals surface area contributed by atoms with Crippen LogP contribution in [0, 0.1) is 0 Å². The monoisotopic (exact) mass is 430 g/mol. The highest BCUT2D eigenvalue weighted by Gasteiger charge is 2.22. The lowest BCUT2D eigenvalue weighted by atomic mass is 10.1. The SMILES string of the molecule is CCC(CC)N1CCN(Cc2cc(OC(C)C)cc(C(=O)Nc3nccs3)c2)CC1.